The molecule has 5 rings (SSSR count). The zero-order chi connectivity index (χ0) is 24.7. The molecule has 9 heteroatoms. The summed E-state index contributed by atoms with van der Waals surface area (Å²) in [4.78, 5) is 50.8. The Morgan fingerprint density at radius 3 is 2.09 bits per heavy atom. The summed E-state index contributed by atoms with van der Waals surface area (Å²) in [6.07, 6.45) is -0.897. The molecular formula is C26H26N2O7. The van der Waals surface area contributed by atoms with Crippen molar-refractivity contribution in [2.24, 2.45) is 17.8 Å². The molecule has 182 valence electrons. The monoisotopic (exact) mass is 478 g/mol. The van der Waals surface area contributed by atoms with Gasteiger partial charge >= 0.3 is 18.0 Å². The number of ether oxygens (including phenoxy) is 2. The SMILES string of the molecule is CCOC(=O)C(NC(=O)OCC1c2ccccc2-c2ccccc21)C(=O)N1CC2C(C1)C2C(=O)O. The lowest BCUT2D eigenvalue weighted by Gasteiger charge is -2.24. The summed E-state index contributed by atoms with van der Waals surface area (Å²) in [6.45, 7) is 2.17. The lowest BCUT2D eigenvalue weighted by atomic mass is 9.98. The number of hydrogen-bond acceptors (Lipinski definition) is 6. The van der Waals surface area contributed by atoms with Gasteiger partial charge in [0.05, 0.1) is 12.5 Å². The molecule has 0 spiro atoms. The number of carbonyl (C=O) groups excluding carboxylic acids is 3. The van der Waals surface area contributed by atoms with Crippen LogP contribution in [0.25, 0.3) is 11.1 Å². The van der Waals surface area contributed by atoms with E-state index in [-0.39, 0.29) is 44.1 Å². The van der Waals surface area contributed by atoms with E-state index < -0.39 is 35.9 Å². The van der Waals surface area contributed by atoms with Gasteiger partial charge in [0.15, 0.2) is 0 Å². The summed E-state index contributed by atoms with van der Waals surface area (Å²) in [5.41, 5.74) is 4.26. The van der Waals surface area contributed by atoms with Gasteiger partial charge < -0.3 is 19.5 Å². The summed E-state index contributed by atoms with van der Waals surface area (Å²) >= 11 is 0. The zero-order valence-electron chi connectivity index (χ0n) is 19.2. The molecule has 1 heterocycles. The molecule has 3 unspecified atom stereocenters. The second-order valence-electron chi connectivity index (χ2n) is 9.09. The third kappa shape index (κ3) is 4.11. The molecule has 2 aromatic carbocycles. The van der Waals surface area contributed by atoms with Crippen LogP contribution in [0.5, 0.6) is 0 Å². The molecule has 35 heavy (non-hydrogen) atoms. The number of esters is 1. The smallest absolute Gasteiger partial charge is 0.408 e. The van der Waals surface area contributed by atoms with Crippen molar-refractivity contribution in [3.8, 4) is 11.1 Å². The summed E-state index contributed by atoms with van der Waals surface area (Å²) in [7, 11) is 0. The van der Waals surface area contributed by atoms with Gasteiger partial charge in [-0.2, -0.15) is 0 Å². The predicted molar refractivity (Wildman–Crippen MR) is 123 cm³/mol. The average Bonchev–Trinajstić information content (AvgIpc) is 3.20. The molecule has 3 aliphatic rings. The predicted octanol–water partition coefficient (Wildman–Crippen LogP) is 2.25. The number of carboxylic acids is 1. The van der Waals surface area contributed by atoms with Gasteiger partial charge in [0.25, 0.3) is 5.91 Å². The minimum Gasteiger partial charge on any atom is -0.481 e. The number of benzene rings is 2. The van der Waals surface area contributed by atoms with Crippen LogP contribution in [0.4, 0.5) is 4.79 Å². The normalized spacial score (nSPS) is 22.4. The fourth-order valence-corrected chi connectivity index (χ4v) is 5.46. The van der Waals surface area contributed by atoms with Crippen molar-refractivity contribution in [2.75, 3.05) is 26.3 Å². The molecule has 9 nitrogen and oxygen atoms in total. The number of piperidine rings is 1. The van der Waals surface area contributed by atoms with Crippen molar-refractivity contribution in [3.63, 3.8) is 0 Å². The van der Waals surface area contributed by atoms with E-state index in [0.717, 1.165) is 22.3 Å². The molecule has 3 atom stereocenters. The van der Waals surface area contributed by atoms with Gasteiger partial charge in [0.2, 0.25) is 6.04 Å². The molecule has 2 N–H and O–H groups in total. The van der Waals surface area contributed by atoms with Gasteiger partial charge in [0, 0.05) is 19.0 Å². The number of nitrogens with one attached hydrogen (secondary N) is 1. The van der Waals surface area contributed by atoms with Crippen LogP contribution >= 0.6 is 0 Å². The fourth-order valence-electron chi connectivity index (χ4n) is 5.46. The molecule has 0 radical (unpaired) electrons. The van der Waals surface area contributed by atoms with Crippen LogP contribution in [0, 0.1) is 17.8 Å². The maximum Gasteiger partial charge on any atom is 0.408 e. The maximum absolute atomic E-state index is 13.0. The van der Waals surface area contributed by atoms with E-state index in [9.17, 15) is 24.3 Å². The minimum absolute atomic E-state index is 0.0394. The second kappa shape index (κ2) is 9.05. The Labute approximate surface area is 202 Å². The number of likely N-dealkylation sites (tertiary alicyclic amines) is 1. The molecular weight excluding hydrogens is 452 g/mol. The molecule has 2 amide bonds. The Hall–Kier alpha value is -3.88. The van der Waals surface area contributed by atoms with E-state index in [1.54, 1.807) is 6.92 Å². The van der Waals surface area contributed by atoms with Gasteiger partial charge in [-0.1, -0.05) is 48.5 Å². The van der Waals surface area contributed by atoms with Crippen LogP contribution in [0.2, 0.25) is 0 Å². The first-order valence-electron chi connectivity index (χ1n) is 11.7. The number of hydrogen-bond donors (Lipinski definition) is 2. The highest BCUT2D eigenvalue weighted by Gasteiger charge is 2.61. The van der Waals surface area contributed by atoms with Crippen LogP contribution in [0.15, 0.2) is 48.5 Å². The number of aliphatic carboxylic acids is 1. The molecule has 1 saturated heterocycles. The highest BCUT2D eigenvalue weighted by molar-refractivity contribution is 6.04. The third-order valence-electron chi connectivity index (χ3n) is 7.17. The summed E-state index contributed by atoms with van der Waals surface area (Å²) < 4.78 is 10.5. The highest BCUT2D eigenvalue weighted by Crippen LogP contribution is 2.51. The Bertz CT molecular complexity index is 1140. The second-order valence-corrected chi connectivity index (χ2v) is 9.09. The third-order valence-corrected chi connectivity index (χ3v) is 7.17. The van der Waals surface area contributed by atoms with Crippen molar-refractivity contribution >= 4 is 23.9 Å². The summed E-state index contributed by atoms with van der Waals surface area (Å²) in [6, 6.07) is 14.3. The van der Waals surface area contributed by atoms with Crippen LogP contribution in [0.1, 0.15) is 24.0 Å². The molecule has 2 fully saturated rings. The van der Waals surface area contributed by atoms with E-state index in [1.165, 1.54) is 4.90 Å². The summed E-state index contributed by atoms with van der Waals surface area (Å²) in [5.74, 6) is -3.21. The van der Waals surface area contributed by atoms with Crippen LogP contribution < -0.4 is 5.32 Å². The quantitative estimate of drug-likeness (QED) is 0.462. The highest BCUT2D eigenvalue weighted by atomic mass is 16.6. The summed E-state index contributed by atoms with van der Waals surface area (Å²) in [5, 5.41) is 11.6. The number of carboxylic acid groups (broad SMARTS) is 1. The Morgan fingerprint density at radius 2 is 1.54 bits per heavy atom. The van der Waals surface area contributed by atoms with Gasteiger partial charge in [-0.3, -0.25) is 14.9 Å². The van der Waals surface area contributed by atoms with E-state index in [4.69, 9.17) is 9.47 Å². The van der Waals surface area contributed by atoms with E-state index in [2.05, 4.69) is 5.32 Å². The number of amides is 2. The fraction of sp³-hybridized carbons (Fsp3) is 0.385. The average molecular weight is 479 g/mol. The van der Waals surface area contributed by atoms with Crippen molar-refractivity contribution < 1.29 is 33.8 Å². The lowest BCUT2D eigenvalue weighted by molar-refractivity contribution is -0.152. The number of alkyl carbamates (subject to hydrolysis) is 1. The topological polar surface area (TPSA) is 122 Å². The first kappa shape index (κ1) is 22.9. The molecule has 2 aliphatic carbocycles. The van der Waals surface area contributed by atoms with Crippen LogP contribution in [-0.4, -0.2) is 66.3 Å². The number of fused-ring (bicyclic) bond motifs is 4. The first-order valence-corrected chi connectivity index (χ1v) is 11.7. The molecule has 0 bridgehead atoms. The largest absolute Gasteiger partial charge is 0.481 e. The first-order chi connectivity index (χ1) is 16.9. The van der Waals surface area contributed by atoms with Crippen LogP contribution in [-0.2, 0) is 23.9 Å². The zero-order valence-corrected chi connectivity index (χ0v) is 19.2. The minimum atomic E-state index is -1.55. The molecule has 0 aromatic heterocycles. The van der Waals surface area contributed by atoms with E-state index in [0.29, 0.717) is 0 Å². The van der Waals surface area contributed by atoms with Crippen LogP contribution in [0.3, 0.4) is 0 Å². The molecule has 1 saturated carbocycles. The Morgan fingerprint density at radius 1 is 0.971 bits per heavy atom. The molecule has 2 aromatic rings. The number of rotatable bonds is 7. The van der Waals surface area contributed by atoms with Crippen molar-refractivity contribution in [1.29, 1.82) is 0 Å². The van der Waals surface area contributed by atoms with Crippen molar-refractivity contribution in [2.45, 2.75) is 18.9 Å². The number of nitrogens with zero attached hydrogens (tertiary/aromatic N) is 1. The van der Waals surface area contributed by atoms with Crippen molar-refractivity contribution in [1.82, 2.24) is 10.2 Å². The van der Waals surface area contributed by atoms with Gasteiger partial charge in [-0.25, -0.2) is 9.59 Å². The van der Waals surface area contributed by atoms with Gasteiger partial charge in [-0.15, -0.1) is 0 Å². The maximum atomic E-state index is 13.0. The van der Waals surface area contributed by atoms with E-state index in [1.807, 2.05) is 48.5 Å². The van der Waals surface area contributed by atoms with Crippen molar-refractivity contribution in [3.05, 3.63) is 59.7 Å². The number of carbonyl (C=O) groups is 4. The Kier molecular flexibility index (Phi) is 5.92. The molecule has 1 aliphatic heterocycles. The van der Waals surface area contributed by atoms with Gasteiger partial charge in [0.1, 0.15) is 6.61 Å². The van der Waals surface area contributed by atoms with Gasteiger partial charge in [-0.05, 0) is 41.0 Å². The standard InChI is InChI=1S/C26H26N2O7/c1-2-34-25(32)22(23(29)28-11-18-19(12-28)21(18)24(30)31)27-26(33)35-13-20-16-9-5-3-7-14(16)15-8-4-6-10-17(15)20/h3-10,18-22H,2,11-13H2,1H3,(H,27,33)(H,30,31). The lowest BCUT2D eigenvalue weighted by Crippen LogP contribution is -2.53. The Balaban J connectivity index is 1.24. The van der Waals surface area contributed by atoms with E-state index >= 15 is 0 Å².